The van der Waals surface area contributed by atoms with Crippen LogP contribution < -0.4 is 5.32 Å². The molecule has 0 fully saturated rings. The maximum atomic E-state index is 13.0. The normalized spacial score (nSPS) is 17.6. The Balaban J connectivity index is 0.00000300. The Labute approximate surface area is 163 Å². The predicted molar refractivity (Wildman–Crippen MR) is 83.2 cm³/mol. The standard InChI is InChI=1S/C15H11F9N4.ClH/c16-13(17,18)8-3-7(4-9(6-8)14(19,20)21)5-10-11-26-27-12(15(22,23)24)28(11)2-1-25-10;/h3-4,6,10,25H,1-2,5H2;1H. The Morgan fingerprint density at radius 1 is 0.862 bits per heavy atom. The summed E-state index contributed by atoms with van der Waals surface area (Å²) in [4.78, 5) is 0. The fourth-order valence-corrected chi connectivity index (χ4v) is 2.98. The van der Waals surface area contributed by atoms with Gasteiger partial charge < -0.3 is 9.88 Å². The van der Waals surface area contributed by atoms with Crippen molar-refractivity contribution in [3.8, 4) is 0 Å². The van der Waals surface area contributed by atoms with E-state index in [1.54, 1.807) is 0 Å². The van der Waals surface area contributed by atoms with Crippen molar-refractivity contribution < 1.29 is 39.5 Å². The fraction of sp³-hybridized carbons (Fsp3) is 0.467. The van der Waals surface area contributed by atoms with Crippen LogP contribution in [0.1, 0.15) is 34.4 Å². The van der Waals surface area contributed by atoms with Crippen LogP contribution in [0.2, 0.25) is 0 Å². The molecule has 3 rings (SSSR count). The first-order valence-electron chi connectivity index (χ1n) is 7.79. The maximum Gasteiger partial charge on any atom is 0.451 e. The number of fused-ring (bicyclic) bond motifs is 1. The van der Waals surface area contributed by atoms with Gasteiger partial charge in [0.05, 0.1) is 17.2 Å². The highest BCUT2D eigenvalue weighted by Crippen LogP contribution is 2.37. The molecule has 14 heteroatoms. The predicted octanol–water partition coefficient (Wildman–Crippen LogP) is 4.64. The number of rotatable bonds is 2. The number of aromatic nitrogens is 3. The van der Waals surface area contributed by atoms with Crippen molar-refractivity contribution >= 4 is 12.4 Å². The molecule has 0 saturated heterocycles. The van der Waals surface area contributed by atoms with Crippen LogP contribution in [-0.4, -0.2) is 21.3 Å². The average molecular weight is 455 g/mol. The number of hydrogen-bond donors (Lipinski definition) is 1. The van der Waals surface area contributed by atoms with Gasteiger partial charge in [-0.05, 0) is 30.2 Å². The fourth-order valence-electron chi connectivity index (χ4n) is 2.98. The topological polar surface area (TPSA) is 42.7 Å². The molecule has 1 atom stereocenters. The summed E-state index contributed by atoms with van der Waals surface area (Å²) in [5.41, 5.74) is -3.33. The molecule has 4 nitrogen and oxygen atoms in total. The van der Waals surface area contributed by atoms with Gasteiger partial charge in [-0.2, -0.15) is 39.5 Å². The van der Waals surface area contributed by atoms with Gasteiger partial charge in [0.15, 0.2) is 5.82 Å². The summed E-state index contributed by atoms with van der Waals surface area (Å²) in [6.45, 7) is -0.117. The zero-order valence-corrected chi connectivity index (χ0v) is 14.9. The van der Waals surface area contributed by atoms with Crippen molar-refractivity contribution in [2.45, 2.75) is 37.5 Å². The second-order valence-corrected chi connectivity index (χ2v) is 6.16. The van der Waals surface area contributed by atoms with Crippen molar-refractivity contribution in [1.82, 2.24) is 20.1 Å². The van der Waals surface area contributed by atoms with Gasteiger partial charge in [0.2, 0.25) is 5.82 Å². The minimum Gasteiger partial charge on any atom is -0.305 e. The maximum absolute atomic E-state index is 13.0. The molecule has 162 valence electrons. The second-order valence-electron chi connectivity index (χ2n) is 6.16. The largest absolute Gasteiger partial charge is 0.451 e. The first kappa shape index (κ1) is 23.3. The van der Waals surface area contributed by atoms with Gasteiger partial charge in [-0.3, -0.25) is 0 Å². The number of nitrogens with zero attached hydrogens (tertiary/aromatic N) is 3. The first-order valence-corrected chi connectivity index (χ1v) is 7.79. The van der Waals surface area contributed by atoms with Crippen LogP contribution in [-0.2, 0) is 31.5 Å². The smallest absolute Gasteiger partial charge is 0.305 e. The molecular formula is C15H12ClF9N4. The molecule has 0 aliphatic carbocycles. The van der Waals surface area contributed by atoms with E-state index in [1.165, 1.54) is 0 Å². The van der Waals surface area contributed by atoms with E-state index in [9.17, 15) is 39.5 Å². The summed E-state index contributed by atoms with van der Waals surface area (Å²) in [6, 6.07) is 0.0393. The second kappa shape index (κ2) is 7.67. The van der Waals surface area contributed by atoms with Crippen molar-refractivity contribution in [3.63, 3.8) is 0 Å². The lowest BCUT2D eigenvalue weighted by Gasteiger charge is -2.26. The lowest BCUT2D eigenvalue weighted by molar-refractivity contribution is -0.148. The molecular weight excluding hydrogens is 443 g/mol. The van der Waals surface area contributed by atoms with Crippen LogP contribution in [0.4, 0.5) is 39.5 Å². The Kier molecular flexibility index (Phi) is 6.15. The molecule has 0 saturated carbocycles. The van der Waals surface area contributed by atoms with Gasteiger partial charge in [0.25, 0.3) is 0 Å². The van der Waals surface area contributed by atoms with Crippen LogP contribution in [0.25, 0.3) is 0 Å². The highest BCUT2D eigenvalue weighted by atomic mass is 35.5. The van der Waals surface area contributed by atoms with Gasteiger partial charge in [0.1, 0.15) is 0 Å². The van der Waals surface area contributed by atoms with Crippen LogP contribution in [0.15, 0.2) is 18.2 Å². The van der Waals surface area contributed by atoms with Gasteiger partial charge in [-0.1, -0.05) is 0 Å². The van der Waals surface area contributed by atoms with Gasteiger partial charge in [0, 0.05) is 13.1 Å². The summed E-state index contributed by atoms with van der Waals surface area (Å²) in [6.07, 6.45) is -15.2. The van der Waals surface area contributed by atoms with Crippen molar-refractivity contribution in [2.75, 3.05) is 6.54 Å². The molecule has 0 radical (unpaired) electrons. The highest BCUT2D eigenvalue weighted by Gasteiger charge is 2.41. The van der Waals surface area contributed by atoms with Crippen LogP contribution in [0.3, 0.4) is 0 Å². The molecule has 0 spiro atoms. The molecule has 1 aliphatic rings. The van der Waals surface area contributed by atoms with Crippen LogP contribution >= 0.6 is 12.4 Å². The number of benzene rings is 1. The molecule has 1 unspecified atom stereocenters. The Morgan fingerprint density at radius 2 is 1.41 bits per heavy atom. The molecule has 29 heavy (non-hydrogen) atoms. The third kappa shape index (κ3) is 4.94. The molecule has 1 aromatic carbocycles. The van der Waals surface area contributed by atoms with E-state index in [4.69, 9.17) is 0 Å². The molecule has 1 N–H and O–H groups in total. The van der Waals surface area contributed by atoms with Gasteiger partial charge in [-0.15, -0.1) is 22.6 Å². The lowest BCUT2D eigenvalue weighted by Crippen LogP contribution is -2.36. The Morgan fingerprint density at radius 3 is 1.90 bits per heavy atom. The summed E-state index contributed by atoms with van der Waals surface area (Å²) in [7, 11) is 0. The highest BCUT2D eigenvalue weighted by molar-refractivity contribution is 5.85. The van der Waals surface area contributed by atoms with E-state index >= 15 is 0 Å². The van der Waals surface area contributed by atoms with Crippen LogP contribution in [0, 0.1) is 0 Å². The zero-order valence-electron chi connectivity index (χ0n) is 14.1. The SMILES string of the molecule is Cl.FC(F)(F)c1cc(CC2NCCn3c2nnc3C(F)(F)F)cc(C(F)(F)F)c1. The van der Waals surface area contributed by atoms with E-state index in [0.29, 0.717) is 12.1 Å². The Hall–Kier alpha value is -2.02. The van der Waals surface area contributed by atoms with Gasteiger partial charge in [-0.25, -0.2) is 0 Å². The van der Waals surface area contributed by atoms with E-state index in [-0.39, 0.29) is 43.0 Å². The monoisotopic (exact) mass is 454 g/mol. The first-order chi connectivity index (χ1) is 12.8. The molecule has 0 amide bonds. The van der Waals surface area contributed by atoms with E-state index in [1.807, 2.05) is 0 Å². The minimum atomic E-state index is -5.01. The van der Waals surface area contributed by atoms with E-state index in [0.717, 1.165) is 4.57 Å². The van der Waals surface area contributed by atoms with Crippen molar-refractivity contribution in [3.05, 3.63) is 46.5 Å². The molecule has 0 bridgehead atoms. The third-order valence-corrected chi connectivity index (χ3v) is 4.16. The lowest BCUT2D eigenvalue weighted by atomic mass is 9.98. The number of halogens is 10. The van der Waals surface area contributed by atoms with Gasteiger partial charge >= 0.3 is 18.5 Å². The molecule has 2 aromatic rings. The summed E-state index contributed by atoms with van der Waals surface area (Å²) in [5, 5.41) is 9.24. The molecule has 1 aromatic heterocycles. The summed E-state index contributed by atoms with van der Waals surface area (Å²) < 4.78 is 117. The van der Waals surface area contributed by atoms with Crippen LogP contribution in [0.5, 0.6) is 0 Å². The summed E-state index contributed by atoms with van der Waals surface area (Å²) in [5.74, 6) is -1.47. The minimum absolute atomic E-state index is 0. The summed E-state index contributed by atoms with van der Waals surface area (Å²) >= 11 is 0. The molecule has 2 heterocycles. The van der Waals surface area contributed by atoms with Crippen molar-refractivity contribution in [1.29, 1.82) is 0 Å². The van der Waals surface area contributed by atoms with E-state index < -0.39 is 47.9 Å². The van der Waals surface area contributed by atoms with E-state index in [2.05, 4.69) is 15.5 Å². The van der Waals surface area contributed by atoms with Crippen molar-refractivity contribution in [2.24, 2.45) is 0 Å². The Bertz CT molecular complexity index is 838. The number of nitrogens with one attached hydrogen (secondary N) is 1. The number of hydrogen-bond acceptors (Lipinski definition) is 3. The zero-order chi connectivity index (χ0) is 20.9. The number of alkyl halides is 9. The average Bonchev–Trinajstić information content (AvgIpc) is 2.98. The third-order valence-electron chi connectivity index (χ3n) is 4.16. The quantitative estimate of drug-likeness (QED) is 0.672. The molecule has 1 aliphatic heterocycles.